The third-order valence-corrected chi connectivity index (χ3v) is 4.26. The number of rotatable bonds is 4. The number of amides is 1. The molecule has 4 heteroatoms. The Morgan fingerprint density at radius 2 is 1.71 bits per heavy atom. The quantitative estimate of drug-likeness (QED) is 0.910. The largest absolute Gasteiger partial charge is 0.351 e. The second-order valence-electron chi connectivity index (χ2n) is 5.48. The first-order valence-electron chi connectivity index (χ1n) is 6.89. The monoisotopic (exact) mass is 303 g/mol. The molecule has 0 heterocycles. The number of carbonyl (C=O) groups is 1. The minimum absolute atomic E-state index is 0.0320. The molecule has 0 unspecified atom stereocenters. The maximum absolute atomic E-state index is 13.0. The van der Waals surface area contributed by atoms with Crippen LogP contribution >= 0.6 is 11.6 Å². The summed E-state index contributed by atoms with van der Waals surface area (Å²) in [7, 11) is 0. The van der Waals surface area contributed by atoms with Gasteiger partial charge in [-0.2, -0.15) is 0 Å². The van der Waals surface area contributed by atoms with Gasteiger partial charge in [0.15, 0.2) is 0 Å². The van der Waals surface area contributed by atoms with E-state index < -0.39 is 0 Å². The average Bonchev–Trinajstić information content (AvgIpc) is 3.27. The van der Waals surface area contributed by atoms with Crippen LogP contribution in [0.4, 0.5) is 4.39 Å². The highest BCUT2D eigenvalue weighted by Crippen LogP contribution is 2.47. The van der Waals surface area contributed by atoms with Gasteiger partial charge in [-0.05, 0) is 54.8 Å². The van der Waals surface area contributed by atoms with Gasteiger partial charge in [-0.15, -0.1) is 0 Å². The van der Waals surface area contributed by atoms with Gasteiger partial charge in [-0.3, -0.25) is 4.79 Å². The lowest BCUT2D eigenvalue weighted by Gasteiger charge is -2.16. The van der Waals surface area contributed by atoms with Crippen LogP contribution in [0.15, 0.2) is 48.5 Å². The highest BCUT2D eigenvalue weighted by molar-refractivity contribution is 6.30. The van der Waals surface area contributed by atoms with Crippen molar-refractivity contribution in [2.75, 3.05) is 6.54 Å². The first-order valence-corrected chi connectivity index (χ1v) is 7.27. The minimum atomic E-state index is -0.236. The van der Waals surface area contributed by atoms with E-state index >= 15 is 0 Å². The van der Waals surface area contributed by atoms with Gasteiger partial charge in [0.05, 0.1) is 0 Å². The second-order valence-corrected chi connectivity index (χ2v) is 5.91. The molecule has 3 rings (SSSR count). The Hall–Kier alpha value is -1.87. The van der Waals surface area contributed by atoms with Crippen LogP contribution in [-0.2, 0) is 5.41 Å². The second kappa shape index (κ2) is 5.49. The Labute approximate surface area is 127 Å². The predicted octanol–water partition coefficient (Wildman–Crippen LogP) is 3.94. The molecule has 2 nitrogen and oxygen atoms in total. The molecule has 0 aliphatic heterocycles. The van der Waals surface area contributed by atoms with E-state index in [0.717, 1.165) is 18.4 Å². The molecule has 2 aromatic rings. The van der Waals surface area contributed by atoms with Crippen molar-refractivity contribution < 1.29 is 9.18 Å². The molecule has 1 aliphatic carbocycles. The fourth-order valence-electron chi connectivity index (χ4n) is 2.47. The summed E-state index contributed by atoms with van der Waals surface area (Å²) in [5, 5.41) is 3.57. The summed E-state index contributed by atoms with van der Waals surface area (Å²) in [4.78, 5) is 12.1. The van der Waals surface area contributed by atoms with Crippen molar-refractivity contribution in [2.45, 2.75) is 18.3 Å². The average molecular weight is 304 g/mol. The molecule has 0 aromatic heterocycles. The highest BCUT2D eigenvalue weighted by Gasteiger charge is 2.44. The fourth-order valence-corrected chi connectivity index (χ4v) is 2.60. The summed E-state index contributed by atoms with van der Waals surface area (Å²) < 4.78 is 13.0. The van der Waals surface area contributed by atoms with Gasteiger partial charge in [0, 0.05) is 22.5 Å². The van der Waals surface area contributed by atoms with Crippen LogP contribution in [0.25, 0.3) is 0 Å². The van der Waals surface area contributed by atoms with Crippen LogP contribution in [0.1, 0.15) is 28.8 Å². The van der Waals surface area contributed by atoms with Crippen molar-refractivity contribution in [2.24, 2.45) is 0 Å². The van der Waals surface area contributed by atoms with Crippen LogP contribution in [0.2, 0.25) is 5.02 Å². The van der Waals surface area contributed by atoms with Gasteiger partial charge in [-0.1, -0.05) is 23.7 Å². The predicted molar refractivity (Wildman–Crippen MR) is 81.1 cm³/mol. The maximum Gasteiger partial charge on any atom is 0.251 e. The zero-order chi connectivity index (χ0) is 14.9. The van der Waals surface area contributed by atoms with Crippen molar-refractivity contribution in [1.82, 2.24) is 5.32 Å². The highest BCUT2D eigenvalue weighted by atomic mass is 35.5. The van der Waals surface area contributed by atoms with Crippen LogP contribution < -0.4 is 5.32 Å². The molecule has 1 aliphatic rings. The molecule has 1 fully saturated rings. The van der Waals surface area contributed by atoms with E-state index in [-0.39, 0.29) is 17.1 Å². The van der Waals surface area contributed by atoms with Gasteiger partial charge in [0.1, 0.15) is 5.82 Å². The maximum atomic E-state index is 13.0. The molecule has 0 radical (unpaired) electrons. The zero-order valence-electron chi connectivity index (χ0n) is 11.4. The van der Waals surface area contributed by atoms with Crippen molar-refractivity contribution in [3.05, 3.63) is 70.5 Å². The molecule has 1 N–H and O–H groups in total. The van der Waals surface area contributed by atoms with Crippen LogP contribution in [-0.4, -0.2) is 12.5 Å². The summed E-state index contributed by atoms with van der Waals surface area (Å²) >= 11 is 5.81. The van der Waals surface area contributed by atoms with E-state index in [1.807, 2.05) is 0 Å². The third-order valence-electron chi connectivity index (χ3n) is 4.00. The number of nitrogens with one attached hydrogen (secondary N) is 1. The molecule has 0 spiro atoms. The van der Waals surface area contributed by atoms with E-state index in [1.165, 1.54) is 12.1 Å². The van der Waals surface area contributed by atoms with Crippen LogP contribution in [0.3, 0.4) is 0 Å². The van der Waals surface area contributed by atoms with E-state index in [1.54, 1.807) is 36.4 Å². The van der Waals surface area contributed by atoms with Gasteiger partial charge >= 0.3 is 0 Å². The Morgan fingerprint density at radius 1 is 1.10 bits per heavy atom. The van der Waals surface area contributed by atoms with Gasteiger partial charge in [0.25, 0.3) is 5.91 Å². The lowest BCUT2D eigenvalue weighted by molar-refractivity contribution is 0.0949. The fraction of sp³-hybridized carbons (Fsp3) is 0.235. The van der Waals surface area contributed by atoms with Crippen molar-refractivity contribution in [3.8, 4) is 0 Å². The van der Waals surface area contributed by atoms with Crippen LogP contribution in [0, 0.1) is 5.82 Å². The van der Waals surface area contributed by atoms with Gasteiger partial charge < -0.3 is 5.32 Å². The molecule has 0 saturated heterocycles. The Balaban J connectivity index is 1.66. The van der Waals surface area contributed by atoms with Crippen molar-refractivity contribution >= 4 is 17.5 Å². The molecule has 0 bridgehead atoms. The standard InChI is InChI=1S/C17H15ClFNO/c18-14-5-1-12(2-6-14)16(21)20-11-17(9-10-17)13-3-7-15(19)8-4-13/h1-8H,9-11H2,(H,20,21). The van der Waals surface area contributed by atoms with Gasteiger partial charge in [-0.25, -0.2) is 4.39 Å². The minimum Gasteiger partial charge on any atom is -0.351 e. The molecule has 1 amide bonds. The summed E-state index contributed by atoms with van der Waals surface area (Å²) in [6.45, 7) is 0.570. The molecule has 1 saturated carbocycles. The van der Waals surface area contributed by atoms with Crippen molar-refractivity contribution in [1.29, 1.82) is 0 Å². The molecular weight excluding hydrogens is 289 g/mol. The topological polar surface area (TPSA) is 29.1 Å². The lowest BCUT2D eigenvalue weighted by Crippen LogP contribution is -2.32. The molecule has 2 aromatic carbocycles. The Kier molecular flexibility index (Phi) is 3.68. The Morgan fingerprint density at radius 3 is 2.29 bits per heavy atom. The lowest BCUT2D eigenvalue weighted by atomic mass is 9.96. The Bertz CT molecular complexity index is 647. The molecular formula is C17H15ClFNO. The number of hydrogen-bond donors (Lipinski definition) is 1. The summed E-state index contributed by atoms with van der Waals surface area (Å²) in [6, 6.07) is 13.3. The molecule has 21 heavy (non-hydrogen) atoms. The smallest absolute Gasteiger partial charge is 0.251 e. The molecule has 108 valence electrons. The normalized spacial score (nSPS) is 15.5. The summed E-state index contributed by atoms with van der Waals surface area (Å²) in [5.74, 6) is -0.347. The van der Waals surface area contributed by atoms with Crippen molar-refractivity contribution in [3.63, 3.8) is 0 Å². The third kappa shape index (κ3) is 3.08. The van der Waals surface area contributed by atoms with E-state index in [4.69, 9.17) is 11.6 Å². The van der Waals surface area contributed by atoms with E-state index in [2.05, 4.69) is 5.32 Å². The first kappa shape index (κ1) is 14.1. The summed E-state index contributed by atoms with van der Waals surface area (Å²) in [5.41, 5.74) is 1.64. The van der Waals surface area contributed by atoms with E-state index in [0.29, 0.717) is 17.1 Å². The summed E-state index contributed by atoms with van der Waals surface area (Å²) in [6.07, 6.45) is 2.03. The number of halogens is 2. The SMILES string of the molecule is O=C(NCC1(c2ccc(F)cc2)CC1)c1ccc(Cl)cc1. The number of carbonyl (C=O) groups excluding carboxylic acids is 1. The number of hydrogen-bond acceptors (Lipinski definition) is 1. The first-order chi connectivity index (χ1) is 10.1. The zero-order valence-corrected chi connectivity index (χ0v) is 12.2. The van der Waals surface area contributed by atoms with E-state index in [9.17, 15) is 9.18 Å². The number of benzene rings is 2. The van der Waals surface area contributed by atoms with Crippen LogP contribution in [0.5, 0.6) is 0 Å². The molecule has 0 atom stereocenters. The van der Waals surface area contributed by atoms with Gasteiger partial charge in [0.2, 0.25) is 0 Å².